The summed E-state index contributed by atoms with van der Waals surface area (Å²) in [5.74, 6) is 0. The van der Waals surface area contributed by atoms with Crippen molar-refractivity contribution in [1.82, 2.24) is 0 Å². The lowest BCUT2D eigenvalue weighted by Crippen LogP contribution is -2.13. The quantitative estimate of drug-likeness (QED) is 0.587. The van der Waals surface area contributed by atoms with Crippen LogP contribution in [0.3, 0.4) is 0 Å². The van der Waals surface area contributed by atoms with E-state index >= 15 is 0 Å². The summed E-state index contributed by atoms with van der Waals surface area (Å²) in [6.45, 7) is 1.93. The van der Waals surface area contributed by atoms with Crippen molar-refractivity contribution in [3.8, 4) is 0 Å². The number of hydrogen-bond donors (Lipinski definition) is 0. The second kappa shape index (κ2) is 5.07. The van der Waals surface area contributed by atoms with Crippen LogP contribution in [0.5, 0.6) is 0 Å². The Bertz CT molecular complexity index is 85.1. The van der Waals surface area contributed by atoms with Crippen molar-refractivity contribution in [2.75, 3.05) is 0 Å². The van der Waals surface area contributed by atoms with Crippen molar-refractivity contribution in [2.45, 2.75) is 30.5 Å². The third-order valence-corrected chi connectivity index (χ3v) is 2.26. The molecule has 0 heterocycles. The van der Waals surface area contributed by atoms with E-state index in [1.807, 2.05) is 6.92 Å². The number of hydrogen-bond acceptors (Lipinski definition) is 1. The van der Waals surface area contributed by atoms with Crippen molar-refractivity contribution in [3.05, 3.63) is 0 Å². The highest BCUT2D eigenvalue weighted by Gasteiger charge is 2.13. The van der Waals surface area contributed by atoms with Gasteiger partial charge in [-0.25, -0.2) is 0 Å². The molecule has 0 aromatic carbocycles. The standard InChI is InChI=1S/C6H9Cl2O/c1-2-5(7)6(8)3-4-9/h5-6H,2-3H2,1H3. The maximum absolute atomic E-state index is 9.77. The van der Waals surface area contributed by atoms with E-state index in [9.17, 15) is 4.79 Å². The van der Waals surface area contributed by atoms with E-state index in [0.717, 1.165) is 6.42 Å². The Kier molecular flexibility index (Phi) is 5.21. The molecule has 0 saturated carbocycles. The third-order valence-electron chi connectivity index (χ3n) is 1.06. The number of halogens is 2. The van der Waals surface area contributed by atoms with Crippen LogP contribution >= 0.6 is 23.2 Å². The van der Waals surface area contributed by atoms with Crippen LogP contribution in [0, 0.1) is 0 Å². The topological polar surface area (TPSA) is 17.1 Å². The van der Waals surface area contributed by atoms with E-state index in [1.165, 1.54) is 0 Å². The first kappa shape index (κ1) is 9.25. The van der Waals surface area contributed by atoms with E-state index in [1.54, 1.807) is 6.29 Å². The number of carbonyl (C=O) groups excluding carboxylic acids is 1. The molecule has 0 aromatic rings. The fraction of sp³-hybridized carbons (Fsp3) is 0.833. The minimum atomic E-state index is -0.255. The van der Waals surface area contributed by atoms with Gasteiger partial charge in [0.2, 0.25) is 0 Å². The average Bonchev–Trinajstić information content (AvgIpc) is 1.87. The second-order valence-electron chi connectivity index (χ2n) is 1.79. The van der Waals surface area contributed by atoms with Gasteiger partial charge >= 0.3 is 0 Å². The molecule has 2 unspecified atom stereocenters. The van der Waals surface area contributed by atoms with Crippen LogP contribution in [0.25, 0.3) is 0 Å². The summed E-state index contributed by atoms with van der Waals surface area (Å²) in [5.41, 5.74) is 0. The lowest BCUT2D eigenvalue weighted by molar-refractivity contribution is 0.547. The molecule has 0 saturated heterocycles. The molecule has 9 heavy (non-hydrogen) atoms. The SMILES string of the molecule is CCC(Cl)C(Cl)C[C]=O. The second-order valence-corrected chi connectivity index (χ2v) is 2.91. The summed E-state index contributed by atoms with van der Waals surface area (Å²) in [6, 6.07) is 0. The van der Waals surface area contributed by atoms with Crippen LogP contribution in [0.4, 0.5) is 0 Å². The Balaban J connectivity index is 3.44. The Morgan fingerprint density at radius 2 is 2.00 bits per heavy atom. The van der Waals surface area contributed by atoms with Gasteiger partial charge in [0.05, 0.1) is 10.8 Å². The Morgan fingerprint density at radius 1 is 1.44 bits per heavy atom. The lowest BCUT2D eigenvalue weighted by Gasteiger charge is -2.08. The fourth-order valence-electron chi connectivity index (χ4n) is 0.463. The Morgan fingerprint density at radius 3 is 2.33 bits per heavy atom. The molecule has 0 fully saturated rings. The van der Waals surface area contributed by atoms with Crippen molar-refractivity contribution in [2.24, 2.45) is 0 Å². The van der Waals surface area contributed by atoms with Crippen molar-refractivity contribution in [3.63, 3.8) is 0 Å². The summed E-state index contributed by atoms with van der Waals surface area (Å²) in [7, 11) is 0. The van der Waals surface area contributed by atoms with Gasteiger partial charge in [-0.05, 0) is 6.42 Å². The fourth-order valence-corrected chi connectivity index (χ4v) is 0.793. The monoisotopic (exact) mass is 167 g/mol. The van der Waals surface area contributed by atoms with Crippen LogP contribution in [0.1, 0.15) is 19.8 Å². The van der Waals surface area contributed by atoms with Gasteiger partial charge in [0.1, 0.15) is 0 Å². The summed E-state index contributed by atoms with van der Waals surface area (Å²) in [4.78, 5) is 9.77. The van der Waals surface area contributed by atoms with Crippen LogP contribution in [-0.2, 0) is 4.79 Å². The van der Waals surface area contributed by atoms with Gasteiger partial charge in [0.25, 0.3) is 0 Å². The largest absolute Gasteiger partial charge is 0.291 e. The van der Waals surface area contributed by atoms with Crippen LogP contribution < -0.4 is 0 Å². The normalized spacial score (nSPS) is 16.8. The zero-order valence-electron chi connectivity index (χ0n) is 5.23. The summed E-state index contributed by atoms with van der Waals surface area (Å²) in [5, 5.41) is -0.359. The molecule has 0 aliphatic carbocycles. The van der Waals surface area contributed by atoms with E-state index in [0.29, 0.717) is 0 Å². The van der Waals surface area contributed by atoms with Gasteiger partial charge in [-0.1, -0.05) is 6.92 Å². The minimum Gasteiger partial charge on any atom is -0.291 e. The predicted molar refractivity (Wildman–Crippen MR) is 39.9 cm³/mol. The van der Waals surface area contributed by atoms with Crippen LogP contribution in [0.2, 0.25) is 0 Å². The Hall–Kier alpha value is 0.250. The van der Waals surface area contributed by atoms with E-state index in [2.05, 4.69) is 0 Å². The molecule has 2 atom stereocenters. The lowest BCUT2D eigenvalue weighted by atomic mass is 10.2. The van der Waals surface area contributed by atoms with Crippen LogP contribution in [-0.4, -0.2) is 17.0 Å². The van der Waals surface area contributed by atoms with Gasteiger partial charge in [-0.2, -0.15) is 0 Å². The molecule has 0 spiro atoms. The first-order valence-corrected chi connectivity index (χ1v) is 3.72. The molecular weight excluding hydrogens is 159 g/mol. The molecule has 0 bridgehead atoms. The smallest absolute Gasteiger partial charge is 0.199 e. The number of rotatable bonds is 4. The molecule has 0 aliphatic heterocycles. The summed E-state index contributed by atoms with van der Waals surface area (Å²) >= 11 is 11.3. The highest BCUT2D eigenvalue weighted by Crippen LogP contribution is 2.15. The highest BCUT2D eigenvalue weighted by atomic mass is 35.5. The van der Waals surface area contributed by atoms with E-state index in [4.69, 9.17) is 23.2 Å². The van der Waals surface area contributed by atoms with Crippen molar-refractivity contribution >= 4 is 29.5 Å². The minimum absolute atomic E-state index is 0.104. The van der Waals surface area contributed by atoms with Gasteiger partial charge in [-0.3, -0.25) is 4.79 Å². The van der Waals surface area contributed by atoms with Gasteiger partial charge in [-0.15, -0.1) is 23.2 Å². The van der Waals surface area contributed by atoms with Crippen LogP contribution in [0.15, 0.2) is 0 Å². The molecule has 0 N–H and O–H groups in total. The zero-order chi connectivity index (χ0) is 7.28. The third kappa shape index (κ3) is 3.77. The molecule has 0 amide bonds. The maximum atomic E-state index is 9.77. The van der Waals surface area contributed by atoms with Gasteiger partial charge in [0, 0.05) is 6.42 Å². The molecule has 1 radical (unpaired) electrons. The molecular formula is C6H9Cl2O. The predicted octanol–water partition coefficient (Wildman–Crippen LogP) is 2.11. The summed E-state index contributed by atoms with van der Waals surface area (Å²) in [6.07, 6.45) is 2.73. The maximum Gasteiger partial charge on any atom is 0.199 e. The van der Waals surface area contributed by atoms with E-state index in [-0.39, 0.29) is 17.2 Å². The highest BCUT2D eigenvalue weighted by molar-refractivity contribution is 6.30. The zero-order valence-corrected chi connectivity index (χ0v) is 6.74. The van der Waals surface area contributed by atoms with Gasteiger partial charge in [0.15, 0.2) is 6.29 Å². The molecule has 3 heteroatoms. The number of alkyl halides is 2. The molecule has 0 rings (SSSR count). The molecule has 1 nitrogen and oxygen atoms in total. The molecule has 53 valence electrons. The first-order chi connectivity index (χ1) is 4.22. The summed E-state index contributed by atoms with van der Waals surface area (Å²) < 4.78 is 0. The van der Waals surface area contributed by atoms with E-state index < -0.39 is 0 Å². The first-order valence-electron chi connectivity index (χ1n) is 2.85. The average molecular weight is 168 g/mol. The Labute approximate surface area is 65.3 Å². The van der Waals surface area contributed by atoms with Crippen molar-refractivity contribution < 1.29 is 4.79 Å². The van der Waals surface area contributed by atoms with Gasteiger partial charge < -0.3 is 0 Å². The molecule has 0 aliphatic rings. The molecule has 0 aromatic heterocycles. The van der Waals surface area contributed by atoms with Crippen molar-refractivity contribution in [1.29, 1.82) is 0 Å².